The van der Waals surface area contributed by atoms with Crippen LogP contribution in [0.5, 0.6) is 0 Å². The molecule has 3 unspecified atom stereocenters. The predicted octanol–water partition coefficient (Wildman–Crippen LogP) is 5.82. The fraction of sp³-hybridized carbons (Fsp3) is 0.429. The van der Waals surface area contributed by atoms with Gasteiger partial charge < -0.3 is 10.2 Å². The van der Waals surface area contributed by atoms with Crippen LogP contribution in [0, 0.1) is 0 Å². The topological polar surface area (TPSA) is 71.0 Å². The van der Waals surface area contributed by atoms with Gasteiger partial charge in [0.1, 0.15) is 5.82 Å². The normalized spacial score (nSPS) is 17.6. The van der Waals surface area contributed by atoms with Gasteiger partial charge in [0.2, 0.25) is 0 Å². The van der Waals surface area contributed by atoms with Crippen LogP contribution < -0.4 is 15.5 Å². The molecule has 0 aliphatic carbocycles. The first kappa shape index (κ1) is 26.6. The Morgan fingerprint density at radius 3 is 2.39 bits per heavy atom. The molecule has 0 spiro atoms. The number of hydrogen-bond acceptors (Lipinski definition) is 5. The van der Waals surface area contributed by atoms with Crippen molar-refractivity contribution in [3.05, 3.63) is 60.3 Å². The van der Waals surface area contributed by atoms with E-state index in [4.69, 9.17) is 4.98 Å². The summed E-state index contributed by atoms with van der Waals surface area (Å²) < 4.78 is 0. The monoisotopic (exact) mass is 521 g/mol. The van der Waals surface area contributed by atoms with E-state index in [0.29, 0.717) is 11.5 Å². The summed E-state index contributed by atoms with van der Waals surface area (Å²) in [6.45, 7) is 8.34. The Morgan fingerprint density at radius 2 is 1.78 bits per heavy atom. The van der Waals surface area contributed by atoms with Crippen molar-refractivity contribution in [2.24, 2.45) is 0 Å². The molecule has 3 atom stereocenters. The van der Waals surface area contributed by atoms with Crippen LogP contribution in [-0.4, -0.2) is 39.1 Å². The molecule has 6 nitrogen and oxygen atoms in total. The molecule has 0 radical (unpaired) electrons. The maximum absolute atomic E-state index is 13.5. The van der Waals surface area contributed by atoms with Crippen molar-refractivity contribution in [2.45, 2.75) is 63.9 Å². The van der Waals surface area contributed by atoms with Crippen molar-refractivity contribution in [3.8, 4) is 11.1 Å². The summed E-state index contributed by atoms with van der Waals surface area (Å²) in [5, 5.41) is 4.37. The van der Waals surface area contributed by atoms with Crippen LogP contribution in [0.25, 0.3) is 11.1 Å². The second-order valence-corrected chi connectivity index (χ2v) is 12.0. The van der Waals surface area contributed by atoms with Crippen molar-refractivity contribution >= 4 is 41.2 Å². The molecule has 1 saturated heterocycles. The summed E-state index contributed by atoms with van der Waals surface area (Å²) in [4.78, 5) is 29.6. The van der Waals surface area contributed by atoms with Gasteiger partial charge in [-0.1, -0.05) is 57.9 Å². The Balaban J connectivity index is 1.68. The highest BCUT2D eigenvalue weighted by atomic mass is 31.0. The molecule has 8 heteroatoms. The molecule has 2 aromatic heterocycles. The minimum atomic E-state index is -0.228. The lowest BCUT2D eigenvalue weighted by molar-refractivity contribution is 0.102. The molecule has 1 aromatic carbocycles. The number of carbonyl (C=O) groups is 1. The fourth-order valence-electron chi connectivity index (χ4n) is 4.90. The molecule has 1 aliphatic rings. The highest BCUT2D eigenvalue weighted by Gasteiger charge is 2.32. The van der Waals surface area contributed by atoms with Crippen LogP contribution in [0.2, 0.25) is 0 Å². The zero-order valence-corrected chi connectivity index (χ0v) is 23.8. The summed E-state index contributed by atoms with van der Waals surface area (Å²) in [7, 11) is 5.76. The summed E-state index contributed by atoms with van der Waals surface area (Å²) in [6.07, 6.45) is 10.5. The average Bonchev–Trinajstić information content (AvgIpc) is 3.24. The third kappa shape index (κ3) is 6.10. The average molecular weight is 522 g/mol. The Kier molecular flexibility index (Phi) is 8.70. The minimum absolute atomic E-state index is 0.120. The van der Waals surface area contributed by atoms with E-state index < -0.39 is 0 Å². The van der Waals surface area contributed by atoms with Crippen molar-refractivity contribution < 1.29 is 4.79 Å². The van der Waals surface area contributed by atoms with Gasteiger partial charge in [-0.25, -0.2) is 15.0 Å². The number of pyridine rings is 1. The maximum atomic E-state index is 13.5. The number of hydrogen-bond donors (Lipinski definition) is 1. The van der Waals surface area contributed by atoms with Gasteiger partial charge in [0.25, 0.3) is 5.91 Å². The second-order valence-electron chi connectivity index (χ2n) is 10.0. The van der Waals surface area contributed by atoms with Gasteiger partial charge >= 0.3 is 0 Å². The largest absolute Gasteiger partial charge is 0.354 e. The van der Waals surface area contributed by atoms with Crippen LogP contribution in [-0.2, 0) is 0 Å². The molecular formula is C28H37N5OP2. The molecular weight excluding hydrogens is 484 g/mol. The van der Waals surface area contributed by atoms with Crippen LogP contribution in [0.4, 0.5) is 11.5 Å². The van der Waals surface area contributed by atoms with Gasteiger partial charge in [0.15, 0.2) is 5.82 Å². The smallest absolute Gasteiger partial charge is 0.258 e. The van der Waals surface area contributed by atoms with Crippen molar-refractivity contribution in [1.82, 2.24) is 15.0 Å². The lowest BCUT2D eigenvalue weighted by Crippen LogP contribution is -2.27. The van der Waals surface area contributed by atoms with E-state index in [1.165, 1.54) is 0 Å². The second kappa shape index (κ2) is 11.8. The molecule has 1 aliphatic heterocycles. The molecule has 1 fully saturated rings. The maximum Gasteiger partial charge on any atom is 0.258 e. The quantitative estimate of drug-likeness (QED) is 0.360. The van der Waals surface area contributed by atoms with E-state index in [1.807, 2.05) is 24.4 Å². The third-order valence-corrected chi connectivity index (χ3v) is 7.77. The van der Waals surface area contributed by atoms with E-state index in [0.717, 1.165) is 79.0 Å². The van der Waals surface area contributed by atoms with Gasteiger partial charge in [0, 0.05) is 48.3 Å². The van der Waals surface area contributed by atoms with E-state index >= 15 is 0 Å². The van der Waals surface area contributed by atoms with Crippen molar-refractivity contribution in [2.75, 3.05) is 23.3 Å². The Hall–Kier alpha value is -2.42. The van der Waals surface area contributed by atoms with Crippen LogP contribution in [0.3, 0.4) is 0 Å². The molecule has 1 amide bonds. The van der Waals surface area contributed by atoms with E-state index in [2.05, 4.69) is 71.6 Å². The first-order valence-corrected chi connectivity index (χ1v) is 14.0. The van der Waals surface area contributed by atoms with E-state index in [-0.39, 0.29) is 11.1 Å². The fourth-order valence-corrected chi connectivity index (χ4v) is 5.61. The predicted molar refractivity (Wildman–Crippen MR) is 157 cm³/mol. The van der Waals surface area contributed by atoms with Crippen molar-refractivity contribution in [3.63, 3.8) is 0 Å². The van der Waals surface area contributed by atoms with E-state index in [9.17, 15) is 4.79 Å². The summed E-state index contributed by atoms with van der Waals surface area (Å²) >= 11 is 0. The van der Waals surface area contributed by atoms with Crippen LogP contribution in [0.15, 0.2) is 48.9 Å². The highest BCUT2D eigenvalue weighted by molar-refractivity contribution is 7.28. The summed E-state index contributed by atoms with van der Waals surface area (Å²) in [6, 6.07) is 10.1. The highest BCUT2D eigenvalue weighted by Crippen LogP contribution is 2.39. The molecule has 190 valence electrons. The molecule has 3 heterocycles. The Labute approximate surface area is 219 Å². The van der Waals surface area contributed by atoms with Gasteiger partial charge in [-0.05, 0) is 36.2 Å². The van der Waals surface area contributed by atoms with Gasteiger partial charge in [-0.2, -0.15) is 0 Å². The summed E-state index contributed by atoms with van der Waals surface area (Å²) in [5.74, 6) is 1.73. The SMILES string of the molecule is CCCC(CCC)c1ncc(C(=O)Nc2c(-c3ccccc3P)ccnc2N2CCC(C)(P)C2)cn1. The Morgan fingerprint density at radius 1 is 1.08 bits per heavy atom. The number of rotatable bonds is 9. The zero-order chi connectivity index (χ0) is 25.7. The van der Waals surface area contributed by atoms with Gasteiger partial charge in [-0.15, -0.1) is 18.5 Å². The molecule has 36 heavy (non-hydrogen) atoms. The molecule has 0 bridgehead atoms. The number of benzene rings is 1. The van der Waals surface area contributed by atoms with Crippen LogP contribution >= 0.6 is 18.5 Å². The lowest BCUT2D eigenvalue weighted by Gasteiger charge is -2.25. The first-order chi connectivity index (χ1) is 17.3. The number of aromatic nitrogens is 3. The van der Waals surface area contributed by atoms with Crippen molar-refractivity contribution in [1.29, 1.82) is 0 Å². The minimum Gasteiger partial charge on any atom is -0.354 e. The number of nitrogens with zero attached hydrogens (tertiary/aromatic N) is 4. The molecule has 0 saturated carbocycles. The molecule has 1 N–H and O–H groups in total. The summed E-state index contributed by atoms with van der Waals surface area (Å²) in [5.41, 5.74) is 3.16. The Bertz CT molecular complexity index is 1190. The third-order valence-electron chi connectivity index (χ3n) is 6.80. The molecule has 3 aromatic rings. The number of nitrogens with one attached hydrogen (secondary N) is 1. The van der Waals surface area contributed by atoms with Gasteiger partial charge in [-0.3, -0.25) is 4.79 Å². The van der Waals surface area contributed by atoms with E-state index in [1.54, 1.807) is 12.4 Å². The van der Waals surface area contributed by atoms with Gasteiger partial charge in [0.05, 0.1) is 11.3 Å². The zero-order valence-electron chi connectivity index (χ0n) is 21.5. The lowest BCUT2D eigenvalue weighted by atomic mass is 9.97. The first-order valence-electron chi connectivity index (χ1n) is 12.8. The standard InChI is InChI=1S/C28H37N5OP2/c1-4-8-19(9-5-2)25-30-16-20(17-31-25)27(34)32-24-22(21-10-6-7-11-23(21)35)12-14-29-26(24)33-15-13-28(3,36)18-33/h6-7,10-12,14,16-17,19H,4-5,8-9,13,15,18,35-36H2,1-3H3,(H,32,34). The van der Waals surface area contributed by atoms with Crippen LogP contribution in [0.1, 0.15) is 75.0 Å². The number of anilines is 2. The molecule has 4 rings (SSSR count). The number of amides is 1. The number of carbonyl (C=O) groups excluding carboxylic acids is 1.